The van der Waals surface area contributed by atoms with Crippen LogP contribution in [0.5, 0.6) is 0 Å². The van der Waals surface area contributed by atoms with Gasteiger partial charge in [-0.1, -0.05) is 51.3 Å². The molecule has 0 aliphatic heterocycles. The first-order valence-corrected chi connectivity index (χ1v) is 7.62. The normalized spacial score (nSPS) is 12.7. The van der Waals surface area contributed by atoms with Crippen molar-refractivity contribution < 1.29 is 0 Å². The Morgan fingerprint density at radius 2 is 1.94 bits per heavy atom. The van der Waals surface area contributed by atoms with Crippen LogP contribution in [-0.2, 0) is 6.42 Å². The highest BCUT2D eigenvalue weighted by molar-refractivity contribution is 9.10. The topological polar surface area (TPSA) is 38.0 Å². The van der Waals surface area contributed by atoms with Gasteiger partial charge in [-0.3, -0.25) is 11.3 Å². The van der Waals surface area contributed by atoms with Crippen LogP contribution in [0.25, 0.3) is 0 Å². The number of hydrazine groups is 1. The second kappa shape index (κ2) is 6.37. The van der Waals surface area contributed by atoms with Crippen LogP contribution >= 0.6 is 50.5 Å². The highest BCUT2D eigenvalue weighted by Crippen LogP contribution is 2.35. The molecule has 0 saturated heterocycles. The van der Waals surface area contributed by atoms with Crippen molar-refractivity contribution in [3.63, 3.8) is 0 Å². The van der Waals surface area contributed by atoms with E-state index in [0.717, 1.165) is 16.5 Å². The van der Waals surface area contributed by atoms with Crippen molar-refractivity contribution in [1.29, 1.82) is 0 Å². The summed E-state index contributed by atoms with van der Waals surface area (Å²) in [4.78, 5) is 0. The Morgan fingerprint density at radius 3 is 2.44 bits per heavy atom. The fourth-order valence-electron chi connectivity index (χ4n) is 1.71. The summed E-state index contributed by atoms with van der Waals surface area (Å²) in [5, 5.41) is 0. The molecule has 6 heteroatoms. The fraction of sp³-hybridized carbons (Fsp3) is 0.167. The van der Waals surface area contributed by atoms with Gasteiger partial charge in [-0.25, -0.2) is 0 Å². The van der Waals surface area contributed by atoms with Crippen LogP contribution in [0, 0.1) is 0 Å². The van der Waals surface area contributed by atoms with E-state index >= 15 is 0 Å². The first kappa shape index (κ1) is 14.3. The zero-order valence-electron chi connectivity index (χ0n) is 9.29. The zero-order chi connectivity index (χ0) is 13.1. The molecule has 96 valence electrons. The summed E-state index contributed by atoms with van der Waals surface area (Å²) in [6.07, 6.45) is 0.760. The maximum absolute atomic E-state index is 6.14. The van der Waals surface area contributed by atoms with Gasteiger partial charge in [-0.05, 0) is 30.2 Å². The molecule has 0 aliphatic rings. The van der Waals surface area contributed by atoms with Gasteiger partial charge in [-0.2, -0.15) is 0 Å². The number of benzene rings is 1. The molecule has 1 unspecified atom stereocenters. The number of hydrogen-bond acceptors (Lipinski definition) is 3. The minimum atomic E-state index is -0.0394. The summed E-state index contributed by atoms with van der Waals surface area (Å²) in [6.45, 7) is 0. The molecule has 1 atom stereocenters. The molecule has 0 radical (unpaired) electrons. The van der Waals surface area contributed by atoms with Crippen LogP contribution in [0.3, 0.4) is 0 Å². The Hall–Kier alpha value is -0.100. The SMILES string of the molecule is NNC(Cc1ccc(Br)cc1)c1cc(Cl)sc1Cl. The molecule has 0 aliphatic carbocycles. The summed E-state index contributed by atoms with van der Waals surface area (Å²) in [7, 11) is 0. The molecule has 2 rings (SSSR count). The highest BCUT2D eigenvalue weighted by Gasteiger charge is 2.16. The molecular weight excluding hydrogens is 355 g/mol. The quantitative estimate of drug-likeness (QED) is 0.615. The van der Waals surface area contributed by atoms with E-state index in [0.29, 0.717) is 8.67 Å². The minimum Gasteiger partial charge on any atom is -0.271 e. The first-order valence-electron chi connectivity index (χ1n) is 5.25. The van der Waals surface area contributed by atoms with Crippen molar-refractivity contribution >= 4 is 50.5 Å². The van der Waals surface area contributed by atoms with Crippen molar-refractivity contribution in [2.75, 3.05) is 0 Å². The number of halogens is 3. The largest absolute Gasteiger partial charge is 0.271 e. The van der Waals surface area contributed by atoms with E-state index in [1.54, 1.807) is 0 Å². The zero-order valence-corrected chi connectivity index (χ0v) is 13.2. The van der Waals surface area contributed by atoms with Crippen molar-refractivity contribution in [2.24, 2.45) is 5.84 Å². The second-order valence-corrected chi connectivity index (χ2v) is 7.03. The molecule has 1 heterocycles. The summed E-state index contributed by atoms with van der Waals surface area (Å²) in [5.74, 6) is 5.60. The van der Waals surface area contributed by atoms with E-state index in [-0.39, 0.29) is 6.04 Å². The molecule has 0 spiro atoms. The number of nitrogens with two attached hydrogens (primary N) is 1. The molecule has 0 fully saturated rings. The van der Waals surface area contributed by atoms with Crippen molar-refractivity contribution in [1.82, 2.24) is 5.43 Å². The minimum absolute atomic E-state index is 0.0394. The molecular formula is C12H11BrCl2N2S. The van der Waals surface area contributed by atoms with Crippen LogP contribution in [0.2, 0.25) is 8.67 Å². The molecule has 1 aromatic carbocycles. The van der Waals surface area contributed by atoms with Gasteiger partial charge in [0.25, 0.3) is 0 Å². The van der Waals surface area contributed by atoms with E-state index in [1.165, 1.54) is 16.9 Å². The van der Waals surface area contributed by atoms with Crippen LogP contribution in [-0.4, -0.2) is 0 Å². The number of nitrogens with one attached hydrogen (secondary N) is 1. The average molecular weight is 366 g/mol. The van der Waals surface area contributed by atoms with Crippen molar-refractivity contribution in [3.8, 4) is 0 Å². The van der Waals surface area contributed by atoms with Gasteiger partial charge in [0.05, 0.1) is 14.7 Å². The maximum atomic E-state index is 6.14. The lowest BCUT2D eigenvalue weighted by Crippen LogP contribution is -2.29. The predicted octanol–water partition coefficient (Wildman–Crippen LogP) is 4.56. The lowest BCUT2D eigenvalue weighted by Gasteiger charge is -2.15. The van der Waals surface area contributed by atoms with Gasteiger partial charge in [0.15, 0.2) is 0 Å². The molecule has 2 aromatic rings. The average Bonchev–Trinajstić information content (AvgIpc) is 2.68. The molecule has 1 aromatic heterocycles. The number of hydrogen-bond donors (Lipinski definition) is 2. The molecule has 0 bridgehead atoms. The monoisotopic (exact) mass is 364 g/mol. The Bertz CT molecular complexity index is 527. The third kappa shape index (κ3) is 3.47. The van der Waals surface area contributed by atoms with E-state index in [2.05, 4.69) is 33.5 Å². The Morgan fingerprint density at radius 1 is 1.28 bits per heavy atom. The molecule has 0 amide bonds. The van der Waals surface area contributed by atoms with Crippen molar-refractivity contribution in [3.05, 3.63) is 54.6 Å². The van der Waals surface area contributed by atoms with Gasteiger partial charge >= 0.3 is 0 Å². The molecule has 0 saturated carbocycles. The van der Waals surface area contributed by atoms with Gasteiger partial charge < -0.3 is 0 Å². The third-order valence-corrected chi connectivity index (χ3v) is 4.66. The molecule has 18 heavy (non-hydrogen) atoms. The van der Waals surface area contributed by atoms with Gasteiger partial charge in [-0.15, -0.1) is 11.3 Å². The maximum Gasteiger partial charge on any atom is 0.0992 e. The first-order chi connectivity index (χ1) is 8.60. The lowest BCUT2D eigenvalue weighted by molar-refractivity contribution is 0.553. The predicted molar refractivity (Wildman–Crippen MR) is 82.2 cm³/mol. The standard InChI is InChI=1S/C12H11BrCl2N2S/c13-8-3-1-7(2-4-8)5-10(17-16)9-6-11(14)18-12(9)15/h1-4,6,10,17H,5,16H2. The summed E-state index contributed by atoms with van der Waals surface area (Å²) in [6, 6.07) is 9.93. The number of thiophene rings is 1. The van der Waals surface area contributed by atoms with E-state index in [1.807, 2.05) is 18.2 Å². The van der Waals surface area contributed by atoms with Gasteiger partial charge in [0, 0.05) is 10.0 Å². The Balaban J connectivity index is 2.19. The van der Waals surface area contributed by atoms with Gasteiger partial charge in [0.1, 0.15) is 0 Å². The molecule has 3 N–H and O–H groups in total. The Labute approximate surface area is 128 Å². The second-order valence-electron chi connectivity index (χ2n) is 3.83. The smallest absolute Gasteiger partial charge is 0.0992 e. The van der Waals surface area contributed by atoms with Crippen LogP contribution in [0.1, 0.15) is 17.2 Å². The van der Waals surface area contributed by atoms with E-state index in [9.17, 15) is 0 Å². The van der Waals surface area contributed by atoms with E-state index < -0.39 is 0 Å². The van der Waals surface area contributed by atoms with Crippen LogP contribution < -0.4 is 11.3 Å². The van der Waals surface area contributed by atoms with Gasteiger partial charge in [0.2, 0.25) is 0 Å². The van der Waals surface area contributed by atoms with Crippen LogP contribution in [0.15, 0.2) is 34.8 Å². The summed E-state index contributed by atoms with van der Waals surface area (Å²) < 4.78 is 2.41. The fourth-order valence-corrected chi connectivity index (χ4v) is 3.55. The molecule has 2 nitrogen and oxygen atoms in total. The third-order valence-electron chi connectivity index (χ3n) is 2.61. The Kier molecular flexibility index (Phi) is 5.06. The van der Waals surface area contributed by atoms with Crippen molar-refractivity contribution in [2.45, 2.75) is 12.5 Å². The number of rotatable bonds is 4. The highest BCUT2D eigenvalue weighted by atomic mass is 79.9. The lowest BCUT2D eigenvalue weighted by atomic mass is 10.0. The van der Waals surface area contributed by atoms with Crippen LogP contribution in [0.4, 0.5) is 0 Å². The summed E-state index contributed by atoms with van der Waals surface area (Å²) in [5.41, 5.74) is 4.91. The van der Waals surface area contributed by atoms with E-state index in [4.69, 9.17) is 29.0 Å². The summed E-state index contributed by atoms with van der Waals surface area (Å²) >= 11 is 16.9.